The molecule has 0 bridgehead atoms. The smallest absolute Gasteiger partial charge is 0.310 e. The van der Waals surface area contributed by atoms with E-state index in [0.717, 1.165) is 12.1 Å². The summed E-state index contributed by atoms with van der Waals surface area (Å²) in [5.41, 5.74) is 0.0866. The van der Waals surface area contributed by atoms with Crippen LogP contribution in [-0.4, -0.2) is 23.0 Å². The molecule has 0 saturated heterocycles. The quantitative estimate of drug-likeness (QED) is 0.646. The number of methoxy groups -OCH3 is 1. The van der Waals surface area contributed by atoms with Crippen molar-refractivity contribution in [3.63, 3.8) is 0 Å². The summed E-state index contributed by atoms with van der Waals surface area (Å²) in [6, 6.07) is 7.07. The van der Waals surface area contributed by atoms with E-state index in [4.69, 9.17) is 4.74 Å². The summed E-state index contributed by atoms with van der Waals surface area (Å²) in [6.07, 6.45) is 0. The fourth-order valence-corrected chi connectivity index (χ4v) is 2.13. The van der Waals surface area contributed by atoms with Gasteiger partial charge in [0.1, 0.15) is 0 Å². The maximum Gasteiger partial charge on any atom is 0.310 e. The highest BCUT2D eigenvalue weighted by Gasteiger charge is 2.18. The summed E-state index contributed by atoms with van der Waals surface area (Å²) in [5, 5.41) is 22.8. The number of phenolic OH excluding ortho intramolecular Hbond substituents is 1. The first kappa shape index (κ1) is 17.2. The number of amides is 1. The first-order chi connectivity index (χ1) is 11.3. The van der Waals surface area contributed by atoms with Crippen LogP contribution >= 0.6 is 0 Å². The van der Waals surface area contributed by atoms with E-state index < -0.39 is 34.1 Å². The first-order valence-electron chi connectivity index (χ1n) is 6.95. The molecule has 0 radical (unpaired) electrons. The van der Waals surface area contributed by atoms with Crippen LogP contribution in [0.4, 0.5) is 10.1 Å². The van der Waals surface area contributed by atoms with Crippen molar-refractivity contribution in [2.45, 2.75) is 13.0 Å². The summed E-state index contributed by atoms with van der Waals surface area (Å²) in [5.74, 6) is -1.61. The van der Waals surface area contributed by atoms with Crippen LogP contribution in [-0.2, 0) is 0 Å². The Labute approximate surface area is 136 Å². The van der Waals surface area contributed by atoms with Crippen LogP contribution in [0, 0.1) is 15.9 Å². The predicted molar refractivity (Wildman–Crippen MR) is 83.6 cm³/mol. The molecule has 0 saturated carbocycles. The SMILES string of the molecule is COc1ccc(C(C)NC(=O)c2ccc([N+](=O)[O-])c(O)c2)cc1F. The Morgan fingerprint density at radius 2 is 2.04 bits per heavy atom. The summed E-state index contributed by atoms with van der Waals surface area (Å²) < 4.78 is 18.5. The van der Waals surface area contributed by atoms with Crippen LogP contribution in [0.15, 0.2) is 36.4 Å². The lowest BCUT2D eigenvalue weighted by Gasteiger charge is -2.15. The van der Waals surface area contributed by atoms with Gasteiger partial charge in [0, 0.05) is 11.6 Å². The highest BCUT2D eigenvalue weighted by molar-refractivity contribution is 5.95. The number of hydrogen-bond acceptors (Lipinski definition) is 5. The molecule has 0 heterocycles. The highest BCUT2D eigenvalue weighted by Crippen LogP contribution is 2.27. The van der Waals surface area contributed by atoms with Gasteiger partial charge in [0.25, 0.3) is 5.91 Å². The number of carbonyl (C=O) groups is 1. The number of nitro groups is 1. The fourth-order valence-electron chi connectivity index (χ4n) is 2.13. The Balaban J connectivity index is 2.15. The van der Waals surface area contributed by atoms with Gasteiger partial charge in [0.2, 0.25) is 0 Å². The van der Waals surface area contributed by atoms with E-state index in [1.807, 2.05) is 0 Å². The maximum absolute atomic E-state index is 13.7. The molecule has 8 heteroatoms. The fraction of sp³-hybridized carbons (Fsp3) is 0.188. The third-order valence-corrected chi connectivity index (χ3v) is 3.46. The standard InChI is InChI=1S/C16H15FN2O5/c1-9(10-4-6-15(24-2)12(17)7-10)18-16(21)11-3-5-13(19(22)23)14(20)8-11/h3-9,20H,1-2H3,(H,18,21). The second-order valence-corrected chi connectivity index (χ2v) is 5.05. The molecule has 2 rings (SSSR count). The van der Waals surface area contributed by atoms with Crippen molar-refractivity contribution >= 4 is 11.6 Å². The number of rotatable bonds is 5. The van der Waals surface area contributed by atoms with Gasteiger partial charge in [-0.25, -0.2) is 4.39 Å². The molecule has 24 heavy (non-hydrogen) atoms. The van der Waals surface area contributed by atoms with Crippen LogP contribution in [0.5, 0.6) is 11.5 Å². The molecular formula is C16H15FN2O5. The van der Waals surface area contributed by atoms with E-state index in [2.05, 4.69) is 5.32 Å². The van der Waals surface area contributed by atoms with Crippen molar-refractivity contribution in [1.29, 1.82) is 0 Å². The second kappa shape index (κ2) is 6.95. The largest absolute Gasteiger partial charge is 0.502 e. The Bertz CT molecular complexity index is 794. The number of halogens is 1. The van der Waals surface area contributed by atoms with E-state index in [1.54, 1.807) is 13.0 Å². The number of benzene rings is 2. The molecule has 0 spiro atoms. The number of aromatic hydroxyl groups is 1. The van der Waals surface area contributed by atoms with Gasteiger partial charge >= 0.3 is 5.69 Å². The van der Waals surface area contributed by atoms with Crippen molar-refractivity contribution in [1.82, 2.24) is 5.32 Å². The lowest BCUT2D eigenvalue weighted by Crippen LogP contribution is -2.26. The van der Waals surface area contributed by atoms with Crippen molar-refractivity contribution in [3.05, 3.63) is 63.5 Å². The van der Waals surface area contributed by atoms with Crippen LogP contribution in [0.3, 0.4) is 0 Å². The topological polar surface area (TPSA) is 102 Å². The maximum atomic E-state index is 13.7. The molecule has 7 nitrogen and oxygen atoms in total. The second-order valence-electron chi connectivity index (χ2n) is 5.05. The van der Waals surface area contributed by atoms with E-state index in [1.165, 1.54) is 25.3 Å². The van der Waals surface area contributed by atoms with Crippen molar-refractivity contribution in [2.24, 2.45) is 0 Å². The normalized spacial score (nSPS) is 11.6. The molecule has 1 atom stereocenters. The number of nitro benzene ring substituents is 1. The van der Waals surface area contributed by atoms with Crippen LogP contribution in [0.25, 0.3) is 0 Å². The van der Waals surface area contributed by atoms with Gasteiger partial charge in [-0.1, -0.05) is 6.07 Å². The number of phenols is 1. The molecule has 0 aliphatic heterocycles. The Morgan fingerprint density at radius 3 is 2.58 bits per heavy atom. The minimum Gasteiger partial charge on any atom is -0.502 e. The van der Waals surface area contributed by atoms with E-state index in [-0.39, 0.29) is 11.3 Å². The average molecular weight is 334 g/mol. The van der Waals surface area contributed by atoms with Gasteiger partial charge < -0.3 is 15.2 Å². The van der Waals surface area contributed by atoms with Gasteiger partial charge in [0.05, 0.1) is 18.1 Å². The Kier molecular flexibility index (Phi) is 4.98. The van der Waals surface area contributed by atoms with E-state index in [0.29, 0.717) is 5.56 Å². The predicted octanol–water partition coefficient (Wildman–Crippen LogP) is 2.94. The average Bonchev–Trinajstić information content (AvgIpc) is 2.54. The summed E-state index contributed by atoms with van der Waals surface area (Å²) in [6.45, 7) is 1.66. The third kappa shape index (κ3) is 3.60. The molecule has 0 aliphatic carbocycles. The molecule has 1 amide bonds. The Morgan fingerprint density at radius 1 is 1.33 bits per heavy atom. The molecule has 0 aromatic heterocycles. The Hall–Kier alpha value is -3.16. The third-order valence-electron chi connectivity index (χ3n) is 3.46. The molecule has 0 fully saturated rings. The van der Waals surface area contributed by atoms with Gasteiger partial charge in [-0.05, 0) is 36.8 Å². The molecule has 2 aromatic rings. The lowest BCUT2D eigenvalue weighted by molar-refractivity contribution is -0.385. The van der Waals surface area contributed by atoms with Gasteiger partial charge in [-0.15, -0.1) is 0 Å². The summed E-state index contributed by atoms with van der Waals surface area (Å²) in [4.78, 5) is 22.1. The minimum atomic E-state index is -0.750. The van der Waals surface area contributed by atoms with Crippen LogP contribution < -0.4 is 10.1 Å². The van der Waals surface area contributed by atoms with E-state index in [9.17, 15) is 24.4 Å². The van der Waals surface area contributed by atoms with Crippen LogP contribution in [0.1, 0.15) is 28.9 Å². The van der Waals surface area contributed by atoms with Crippen molar-refractivity contribution in [3.8, 4) is 11.5 Å². The minimum absolute atomic E-state index is 0.0546. The zero-order valence-corrected chi connectivity index (χ0v) is 12.9. The number of nitrogens with one attached hydrogen (secondary N) is 1. The number of ether oxygens (including phenoxy) is 1. The van der Waals surface area contributed by atoms with Gasteiger partial charge in [-0.2, -0.15) is 0 Å². The van der Waals surface area contributed by atoms with Crippen LogP contribution in [0.2, 0.25) is 0 Å². The molecular weight excluding hydrogens is 319 g/mol. The number of nitrogens with zero attached hydrogens (tertiary/aromatic N) is 1. The molecule has 0 aliphatic rings. The lowest BCUT2D eigenvalue weighted by atomic mass is 10.1. The van der Waals surface area contributed by atoms with Gasteiger partial charge in [0.15, 0.2) is 17.3 Å². The highest BCUT2D eigenvalue weighted by atomic mass is 19.1. The molecule has 1 unspecified atom stereocenters. The van der Waals surface area contributed by atoms with E-state index >= 15 is 0 Å². The number of hydrogen-bond donors (Lipinski definition) is 2. The summed E-state index contributed by atoms with van der Waals surface area (Å²) >= 11 is 0. The van der Waals surface area contributed by atoms with Crippen molar-refractivity contribution in [2.75, 3.05) is 7.11 Å². The first-order valence-corrected chi connectivity index (χ1v) is 6.95. The molecule has 2 N–H and O–H groups in total. The zero-order chi connectivity index (χ0) is 17.9. The van der Waals surface area contributed by atoms with Crippen molar-refractivity contribution < 1.29 is 24.0 Å². The summed E-state index contributed by atoms with van der Waals surface area (Å²) in [7, 11) is 1.35. The molecule has 126 valence electrons. The monoisotopic (exact) mass is 334 g/mol. The number of carbonyl (C=O) groups excluding carboxylic acids is 1. The molecule has 2 aromatic carbocycles. The zero-order valence-electron chi connectivity index (χ0n) is 12.9. The van der Waals surface area contributed by atoms with Gasteiger partial charge in [-0.3, -0.25) is 14.9 Å².